The molecule has 1 aliphatic carbocycles. The molecular weight excluding hydrogens is 255 g/mol. The molecule has 1 fully saturated rings. The lowest BCUT2D eigenvalue weighted by Crippen LogP contribution is -2.21. The van der Waals surface area contributed by atoms with E-state index < -0.39 is 28.0 Å². The van der Waals surface area contributed by atoms with Crippen molar-refractivity contribution in [1.29, 1.82) is 0 Å². The third-order valence-electron chi connectivity index (χ3n) is 3.32. The van der Waals surface area contributed by atoms with Gasteiger partial charge in [-0.2, -0.15) is 0 Å². The quantitative estimate of drug-likeness (QED) is 0.632. The number of nitrogens with zero attached hydrogens (tertiary/aromatic N) is 1. The fraction of sp³-hybridized carbons (Fsp3) is 0.417. The summed E-state index contributed by atoms with van der Waals surface area (Å²) in [5.41, 5.74) is -0.959. The molecule has 1 aromatic rings. The van der Waals surface area contributed by atoms with Gasteiger partial charge in [-0.15, -0.1) is 0 Å². The molecule has 0 aliphatic heterocycles. The van der Waals surface area contributed by atoms with E-state index in [1.807, 2.05) is 0 Å². The van der Waals surface area contributed by atoms with E-state index in [1.165, 1.54) is 0 Å². The van der Waals surface area contributed by atoms with Crippen molar-refractivity contribution in [2.45, 2.75) is 19.3 Å². The van der Waals surface area contributed by atoms with Gasteiger partial charge >= 0.3 is 5.97 Å². The first-order chi connectivity index (χ1) is 8.99. The zero-order chi connectivity index (χ0) is 14.0. The summed E-state index contributed by atoms with van der Waals surface area (Å²) < 4.78 is 13.4. The van der Waals surface area contributed by atoms with Crippen LogP contribution in [0.5, 0.6) is 0 Å². The lowest BCUT2D eigenvalue weighted by atomic mass is 9.85. The van der Waals surface area contributed by atoms with Crippen LogP contribution >= 0.6 is 0 Å². The molecular formula is C12H13FN2O4. The van der Waals surface area contributed by atoms with Crippen molar-refractivity contribution < 1.29 is 19.2 Å². The largest absolute Gasteiger partial charge is 0.478 e. The zero-order valence-electron chi connectivity index (χ0n) is 10.1. The average molecular weight is 268 g/mol. The molecule has 6 nitrogen and oxygen atoms in total. The molecule has 0 amide bonds. The first kappa shape index (κ1) is 13.3. The molecule has 0 heterocycles. The van der Waals surface area contributed by atoms with Crippen molar-refractivity contribution in [3.8, 4) is 0 Å². The highest BCUT2D eigenvalue weighted by molar-refractivity contribution is 5.90. The van der Waals surface area contributed by atoms with E-state index in [4.69, 9.17) is 5.11 Å². The van der Waals surface area contributed by atoms with Crippen LogP contribution in [-0.2, 0) is 0 Å². The number of benzene rings is 1. The maximum absolute atomic E-state index is 13.4. The predicted molar refractivity (Wildman–Crippen MR) is 65.8 cm³/mol. The standard InChI is InChI=1S/C12H13FN2O4/c13-9-5-11(15(18)19)10(4-8(9)12(16)17)14-6-7-2-1-3-7/h4-5,7,14H,1-3,6H2,(H,16,17). The Morgan fingerprint density at radius 2 is 2.21 bits per heavy atom. The summed E-state index contributed by atoms with van der Waals surface area (Å²) in [7, 11) is 0. The number of nitro groups is 1. The minimum absolute atomic E-state index is 0.0516. The van der Waals surface area contributed by atoms with Crippen LogP contribution in [-0.4, -0.2) is 22.5 Å². The van der Waals surface area contributed by atoms with Crippen LogP contribution < -0.4 is 5.32 Å². The van der Waals surface area contributed by atoms with Crippen LogP contribution in [0.2, 0.25) is 0 Å². The summed E-state index contributed by atoms with van der Waals surface area (Å²) in [6.45, 7) is 0.533. The maximum Gasteiger partial charge on any atom is 0.338 e. The number of carbonyl (C=O) groups is 1. The van der Waals surface area contributed by atoms with Crippen molar-refractivity contribution in [3.05, 3.63) is 33.6 Å². The van der Waals surface area contributed by atoms with E-state index in [9.17, 15) is 19.3 Å². The third kappa shape index (κ3) is 2.81. The summed E-state index contributed by atoms with van der Waals surface area (Å²) in [6, 6.07) is 1.63. The fourth-order valence-corrected chi connectivity index (χ4v) is 1.97. The second-order valence-corrected chi connectivity index (χ2v) is 4.59. The zero-order valence-corrected chi connectivity index (χ0v) is 10.1. The SMILES string of the molecule is O=C(O)c1cc(NCC2CCC2)c([N+](=O)[O-])cc1F. The Bertz CT molecular complexity index is 529. The molecule has 0 unspecified atom stereocenters. The van der Waals surface area contributed by atoms with Crippen LogP contribution in [0.3, 0.4) is 0 Å². The molecule has 0 radical (unpaired) electrons. The number of carboxylic acids is 1. The van der Waals surface area contributed by atoms with Gasteiger partial charge in [0, 0.05) is 6.54 Å². The highest BCUT2D eigenvalue weighted by atomic mass is 19.1. The van der Waals surface area contributed by atoms with Gasteiger partial charge in [0.05, 0.1) is 16.6 Å². The Balaban J connectivity index is 2.28. The van der Waals surface area contributed by atoms with E-state index in [0.717, 1.165) is 25.3 Å². The monoisotopic (exact) mass is 268 g/mol. The average Bonchev–Trinajstić information content (AvgIpc) is 2.27. The highest BCUT2D eigenvalue weighted by Gasteiger charge is 2.23. The molecule has 0 atom stereocenters. The smallest absolute Gasteiger partial charge is 0.338 e. The molecule has 0 saturated heterocycles. The Kier molecular flexibility index (Phi) is 3.64. The highest BCUT2D eigenvalue weighted by Crippen LogP contribution is 2.31. The van der Waals surface area contributed by atoms with Crippen LogP contribution in [0, 0.1) is 21.8 Å². The van der Waals surface area contributed by atoms with Gasteiger partial charge in [-0.05, 0) is 24.8 Å². The predicted octanol–water partition coefficient (Wildman–Crippen LogP) is 2.64. The van der Waals surface area contributed by atoms with Gasteiger partial charge in [0.1, 0.15) is 11.5 Å². The van der Waals surface area contributed by atoms with Gasteiger partial charge in [0.25, 0.3) is 5.69 Å². The van der Waals surface area contributed by atoms with Crippen LogP contribution in [0.1, 0.15) is 29.6 Å². The van der Waals surface area contributed by atoms with Crippen LogP contribution in [0.25, 0.3) is 0 Å². The van der Waals surface area contributed by atoms with Gasteiger partial charge in [-0.25, -0.2) is 9.18 Å². The summed E-state index contributed by atoms with van der Waals surface area (Å²) in [5, 5.41) is 22.5. The van der Waals surface area contributed by atoms with Gasteiger partial charge in [0.2, 0.25) is 0 Å². The molecule has 1 saturated carbocycles. The van der Waals surface area contributed by atoms with E-state index in [2.05, 4.69) is 5.32 Å². The summed E-state index contributed by atoms with van der Waals surface area (Å²) in [6.07, 6.45) is 3.24. The van der Waals surface area contributed by atoms with E-state index in [1.54, 1.807) is 0 Å². The Hall–Kier alpha value is -2.18. The van der Waals surface area contributed by atoms with E-state index >= 15 is 0 Å². The van der Waals surface area contributed by atoms with Crippen molar-refractivity contribution in [2.75, 3.05) is 11.9 Å². The third-order valence-corrected chi connectivity index (χ3v) is 3.32. The summed E-state index contributed by atoms with van der Waals surface area (Å²) in [4.78, 5) is 20.9. The van der Waals surface area contributed by atoms with Crippen molar-refractivity contribution in [1.82, 2.24) is 0 Å². The number of anilines is 1. The Labute approximate surface area is 108 Å². The molecule has 102 valence electrons. The van der Waals surface area contributed by atoms with Crippen LogP contribution in [0.4, 0.5) is 15.8 Å². The number of hydrogen-bond donors (Lipinski definition) is 2. The number of hydrogen-bond acceptors (Lipinski definition) is 4. The molecule has 1 aliphatic rings. The summed E-state index contributed by atoms with van der Waals surface area (Å²) >= 11 is 0. The Morgan fingerprint density at radius 3 is 2.68 bits per heavy atom. The van der Waals surface area contributed by atoms with Gasteiger partial charge in [-0.1, -0.05) is 6.42 Å². The van der Waals surface area contributed by atoms with Gasteiger partial charge < -0.3 is 10.4 Å². The Morgan fingerprint density at radius 1 is 1.53 bits per heavy atom. The molecule has 0 bridgehead atoms. The minimum Gasteiger partial charge on any atom is -0.478 e. The lowest BCUT2D eigenvalue weighted by molar-refractivity contribution is -0.384. The number of carboxylic acid groups (broad SMARTS) is 1. The minimum atomic E-state index is -1.45. The topological polar surface area (TPSA) is 92.5 Å². The molecule has 7 heteroatoms. The number of nitro benzene ring substituents is 1. The van der Waals surface area contributed by atoms with Crippen molar-refractivity contribution >= 4 is 17.3 Å². The molecule has 2 rings (SSSR count). The first-order valence-electron chi connectivity index (χ1n) is 5.94. The molecule has 0 spiro atoms. The number of nitrogens with one attached hydrogen (secondary N) is 1. The molecule has 19 heavy (non-hydrogen) atoms. The lowest BCUT2D eigenvalue weighted by Gasteiger charge is -2.25. The second kappa shape index (κ2) is 5.21. The maximum atomic E-state index is 13.4. The molecule has 0 aromatic heterocycles. The number of rotatable bonds is 5. The molecule has 1 aromatic carbocycles. The van der Waals surface area contributed by atoms with Gasteiger partial charge in [-0.3, -0.25) is 10.1 Å². The summed E-state index contributed by atoms with van der Waals surface area (Å²) in [5.74, 6) is -2.11. The van der Waals surface area contributed by atoms with Gasteiger partial charge in [0.15, 0.2) is 0 Å². The van der Waals surface area contributed by atoms with Crippen molar-refractivity contribution in [3.63, 3.8) is 0 Å². The first-order valence-corrected chi connectivity index (χ1v) is 5.94. The van der Waals surface area contributed by atoms with E-state index in [0.29, 0.717) is 18.5 Å². The van der Waals surface area contributed by atoms with Crippen LogP contribution in [0.15, 0.2) is 12.1 Å². The fourth-order valence-electron chi connectivity index (χ4n) is 1.97. The van der Waals surface area contributed by atoms with Crippen molar-refractivity contribution in [2.24, 2.45) is 5.92 Å². The second-order valence-electron chi connectivity index (χ2n) is 4.59. The normalized spacial score (nSPS) is 14.8. The number of aromatic carboxylic acids is 1. The number of halogens is 1. The molecule has 2 N–H and O–H groups in total. The van der Waals surface area contributed by atoms with E-state index in [-0.39, 0.29) is 5.69 Å².